The SMILES string of the molecule is CCOC(=O)Cc1ccc(S(C)(=O)=O)cc1. The monoisotopic (exact) mass is 242 g/mol. The molecule has 1 aromatic carbocycles. The topological polar surface area (TPSA) is 60.4 Å². The van der Waals surface area contributed by atoms with Crippen LogP contribution in [0.2, 0.25) is 0 Å². The van der Waals surface area contributed by atoms with Crippen molar-refractivity contribution in [3.8, 4) is 0 Å². The molecule has 0 N–H and O–H groups in total. The molecule has 16 heavy (non-hydrogen) atoms. The lowest BCUT2D eigenvalue weighted by molar-refractivity contribution is -0.142. The zero-order chi connectivity index (χ0) is 12.2. The maximum Gasteiger partial charge on any atom is 0.310 e. The van der Waals surface area contributed by atoms with Gasteiger partial charge in [0.2, 0.25) is 0 Å². The van der Waals surface area contributed by atoms with Crippen molar-refractivity contribution in [3.05, 3.63) is 29.8 Å². The summed E-state index contributed by atoms with van der Waals surface area (Å²) in [6, 6.07) is 6.22. The highest BCUT2D eigenvalue weighted by Gasteiger charge is 2.08. The number of hydrogen-bond acceptors (Lipinski definition) is 4. The van der Waals surface area contributed by atoms with Gasteiger partial charge in [-0.25, -0.2) is 8.42 Å². The molecule has 0 aliphatic carbocycles. The molecule has 0 saturated carbocycles. The summed E-state index contributed by atoms with van der Waals surface area (Å²) in [6.07, 6.45) is 1.31. The summed E-state index contributed by atoms with van der Waals surface area (Å²) < 4.78 is 27.1. The Balaban J connectivity index is 2.76. The Morgan fingerprint density at radius 1 is 1.25 bits per heavy atom. The molecule has 0 aliphatic rings. The lowest BCUT2D eigenvalue weighted by atomic mass is 10.1. The standard InChI is InChI=1S/C11H14O4S/c1-3-15-11(12)8-9-4-6-10(7-5-9)16(2,13)14/h4-7H,3,8H2,1-2H3. The summed E-state index contributed by atoms with van der Waals surface area (Å²) in [6.45, 7) is 2.09. The first-order valence-electron chi connectivity index (χ1n) is 4.88. The van der Waals surface area contributed by atoms with E-state index in [4.69, 9.17) is 4.74 Å². The third-order valence-electron chi connectivity index (χ3n) is 2.01. The number of esters is 1. The molecular weight excluding hydrogens is 228 g/mol. The Hall–Kier alpha value is -1.36. The van der Waals surface area contributed by atoms with Crippen LogP contribution in [0.15, 0.2) is 29.2 Å². The Morgan fingerprint density at radius 3 is 2.25 bits per heavy atom. The quantitative estimate of drug-likeness (QED) is 0.744. The molecule has 0 saturated heterocycles. The second-order valence-corrected chi connectivity index (χ2v) is 5.41. The van der Waals surface area contributed by atoms with Gasteiger partial charge in [0.05, 0.1) is 17.9 Å². The summed E-state index contributed by atoms with van der Waals surface area (Å²) in [7, 11) is -3.17. The minimum absolute atomic E-state index is 0.165. The number of sulfone groups is 1. The fourth-order valence-electron chi connectivity index (χ4n) is 1.23. The molecule has 1 aromatic rings. The van der Waals surface area contributed by atoms with Gasteiger partial charge in [0.25, 0.3) is 0 Å². The second-order valence-electron chi connectivity index (χ2n) is 3.40. The van der Waals surface area contributed by atoms with Gasteiger partial charge in [-0.3, -0.25) is 4.79 Å². The molecule has 0 atom stereocenters. The van der Waals surface area contributed by atoms with Gasteiger partial charge >= 0.3 is 5.97 Å². The number of hydrogen-bond donors (Lipinski definition) is 0. The van der Waals surface area contributed by atoms with Gasteiger partial charge in [-0.15, -0.1) is 0 Å². The van der Waals surface area contributed by atoms with E-state index in [0.29, 0.717) is 6.61 Å². The fraction of sp³-hybridized carbons (Fsp3) is 0.364. The Labute approximate surface area is 95.2 Å². The Morgan fingerprint density at radius 2 is 1.81 bits per heavy atom. The second kappa shape index (κ2) is 5.12. The lowest BCUT2D eigenvalue weighted by Gasteiger charge is -2.03. The fourth-order valence-corrected chi connectivity index (χ4v) is 1.86. The largest absolute Gasteiger partial charge is 0.466 e. The van der Waals surface area contributed by atoms with E-state index in [0.717, 1.165) is 11.8 Å². The maximum absolute atomic E-state index is 11.2. The van der Waals surface area contributed by atoms with Crippen molar-refractivity contribution in [3.63, 3.8) is 0 Å². The van der Waals surface area contributed by atoms with Gasteiger partial charge < -0.3 is 4.74 Å². The summed E-state index contributed by atoms with van der Waals surface area (Å²) >= 11 is 0. The van der Waals surface area contributed by atoms with Gasteiger partial charge in [0.15, 0.2) is 9.84 Å². The summed E-state index contributed by atoms with van der Waals surface area (Å²) in [5, 5.41) is 0. The molecule has 0 heterocycles. The molecular formula is C11H14O4S. The van der Waals surface area contributed by atoms with E-state index >= 15 is 0 Å². The van der Waals surface area contributed by atoms with Crippen molar-refractivity contribution >= 4 is 15.8 Å². The number of benzene rings is 1. The molecule has 5 heteroatoms. The van der Waals surface area contributed by atoms with E-state index in [1.165, 1.54) is 12.1 Å². The lowest BCUT2D eigenvalue weighted by Crippen LogP contribution is -2.07. The first kappa shape index (κ1) is 12.7. The zero-order valence-electron chi connectivity index (χ0n) is 9.26. The van der Waals surface area contributed by atoms with E-state index in [9.17, 15) is 13.2 Å². The van der Waals surface area contributed by atoms with Crippen molar-refractivity contribution < 1.29 is 17.9 Å². The van der Waals surface area contributed by atoms with Crippen LogP contribution in [0.3, 0.4) is 0 Å². The van der Waals surface area contributed by atoms with Crippen LogP contribution >= 0.6 is 0 Å². The molecule has 0 aliphatic heterocycles. The number of carbonyl (C=O) groups is 1. The van der Waals surface area contributed by atoms with Crippen molar-refractivity contribution in [2.45, 2.75) is 18.2 Å². The van der Waals surface area contributed by atoms with Gasteiger partial charge in [-0.1, -0.05) is 12.1 Å². The van der Waals surface area contributed by atoms with Crippen LogP contribution in [-0.4, -0.2) is 27.2 Å². The predicted octanol–water partition coefficient (Wildman–Crippen LogP) is 1.20. The molecule has 0 amide bonds. The van der Waals surface area contributed by atoms with Crippen LogP contribution in [-0.2, 0) is 25.8 Å². The summed E-state index contributed by atoms with van der Waals surface area (Å²) in [5.74, 6) is -0.311. The minimum atomic E-state index is -3.17. The molecule has 0 spiro atoms. The first-order valence-corrected chi connectivity index (χ1v) is 6.77. The van der Waals surface area contributed by atoms with E-state index < -0.39 is 9.84 Å². The van der Waals surface area contributed by atoms with Crippen LogP contribution in [0.1, 0.15) is 12.5 Å². The van der Waals surface area contributed by atoms with E-state index in [1.54, 1.807) is 19.1 Å². The molecule has 1 rings (SSSR count). The third-order valence-corrected chi connectivity index (χ3v) is 3.13. The third kappa shape index (κ3) is 3.66. The molecule has 88 valence electrons. The molecule has 4 nitrogen and oxygen atoms in total. The van der Waals surface area contributed by atoms with Gasteiger partial charge in [0.1, 0.15) is 0 Å². The van der Waals surface area contributed by atoms with Crippen molar-refractivity contribution in [1.29, 1.82) is 0 Å². The van der Waals surface area contributed by atoms with Crippen molar-refractivity contribution in [2.24, 2.45) is 0 Å². The maximum atomic E-state index is 11.2. The van der Waals surface area contributed by atoms with Crippen LogP contribution in [0.4, 0.5) is 0 Å². The number of carbonyl (C=O) groups excluding carboxylic acids is 1. The van der Waals surface area contributed by atoms with Crippen LogP contribution in [0.5, 0.6) is 0 Å². The van der Waals surface area contributed by atoms with E-state index in [2.05, 4.69) is 0 Å². The number of rotatable bonds is 4. The first-order chi connectivity index (χ1) is 7.43. The minimum Gasteiger partial charge on any atom is -0.466 e. The van der Waals surface area contributed by atoms with E-state index in [-0.39, 0.29) is 17.3 Å². The molecule has 0 fully saturated rings. The molecule has 0 unspecified atom stereocenters. The Kier molecular flexibility index (Phi) is 4.06. The summed E-state index contributed by atoms with van der Waals surface area (Å²) in [5.41, 5.74) is 0.742. The molecule has 0 bridgehead atoms. The molecule has 0 radical (unpaired) electrons. The zero-order valence-corrected chi connectivity index (χ0v) is 10.1. The van der Waals surface area contributed by atoms with Gasteiger partial charge in [-0.05, 0) is 24.6 Å². The van der Waals surface area contributed by atoms with Crippen molar-refractivity contribution in [1.82, 2.24) is 0 Å². The van der Waals surface area contributed by atoms with Crippen LogP contribution in [0.25, 0.3) is 0 Å². The van der Waals surface area contributed by atoms with Crippen molar-refractivity contribution in [2.75, 3.05) is 12.9 Å². The Bertz CT molecular complexity index is 459. The number of ether oxygens (including phenoxy) is 1. The smallest absolute Gasteiger partial charge is 0.310 e. The van der Waals surface area contributed by atoms with Gasteiger partial charge in [-0.2, -0.15) is 0 Å². The van der Waals surface area contributed by atoms with Gasteiger partial charge in [0, 0.05) is 6.26 Å². The molecule has 0 aromatic heterocycles. The predicted molar refractivity (Wildman–Crippen MR) is 59.9 cm³/mol. The van der Waals surface area contributed by atoms with Crippen LogP contribution in [0, 0.1) is 0 Å². The average molecular weight is 242 g/mol. The highest BCUT2D eigenvalue weighted by molar-refractivity contribution is 7.90. The average Bonchev–Trinajstić information content (AvgIpc) is 2.17. The van der Waals surface area contributed by atoms with Crippen LogP contribution < -0.4 is 0 Å². The normalized spacial score (nSPS) is 11.1. The highest BCUT2D eigenvalue weighted by atomic mass is 32.2. The summed E-state index contributed by atoms with van der Waals surface area (Å²) in [4.78, 5) is 11.4. The highest BCUT2D eigenvalue weighted by Crippen LogP contribution is 2.10. The van der Waals surface area contributed by atoms with E-state index in [1.807, 2.05) is 0 Å².